The van der Waals surface area contributed by atoms with Crippen LogP contribution in [0.2, 0.25) is 0 Å². The molecule has 1 N–H and O–H groups in total. The van der Waals surface area contributed by atoms with E-state index >= 15 is 0 Å². The van der Waals surface area contributed by atoms with Crippen molar-refractivity contribution in [2.24, 2.45) is 4.99 Å². The summed E-state index contributed by atoms with van der Waals surface area (Å²) in [4.78, 5) is 31.8. The Bertz CT molecular complexity index is 1590. The van der Waals surface area contributed by atoms with Crippen molar-refractivity contribution in [1.82, 2.24) is 4.57 Å². The number of nitrogens with zero attached hydrogens (tertiary/aromatic N) is 2. The van der Waals surface area contributed by atoms with Gasteiger partial charge in [-0.05, 0) is 54.8 Å². The van der Waals surface area contributed by atoms with Crippen LogP contribution in [0.4, 0.5) is 0 Å². The fourth-order valence-corrected chi connectivity index (χ4v) is 5.50. The van der Waals surface area contributed by atoms with E-state index < -0.39 is 12.0 Å². The predicted molar refractivity (Wildman–Crippen MR) is 148 cm³/mol. The average Bonchev–Trinajstić information content (AvgIpc) is 3.24. The zero-order valence-electron chi connectivity index (χ0n) is 22.6. The van der Waals surface area contributed by atoms with Crippen molar-refractivity contribution in [3.05, 3.63) is 78.5 Å². The van der Waals surface area contributed by atoms with Crippen molar-refractivity contribution in [3.63, 3.8) is 0 Å². The molecule has 3 aromatic rings. The maximum absolute atomic E-state index is 13.8. The van der Waals surface area contributed by atoms with E-state index in [2.05, 4.69) is 11.9 Å². The van der Waals surface area contributed by atoms with Crippen molar-refractivity contribution >= 4 is 23.4 Å². The number of fused-ring (bicyclic) bond motifs is 1. The molecule has 0 amide bonds. The maximum atomic E-state index is 13.8. The molecule has 1 aliphatic heterocycles. The first-order chi connectivity index (χ1) is 18.8. The standard InChI is InChI=1S/C29H32N2O7S/c1-6-7-8-13-38-21-12-10-19(16-23(21)36-4)26-25(28(34)37-5)17(2)30-29-31(26)27(33)24(39-29)15-18-9-11-20(32)22(14-18)35-3/h9-12,14-16,26,32H,6-8,13H2,1-5H3. The number of rotatable bonds is 10. The van der Waals surface area contributed by atoms with Gasteiger partial charge in [0.25, 0.3) is 5.56 Å². The number of aromatic hydroxyl groups is 1. The van der Waals surface area contributed by atoms with Crippen LogP contribution in [0.3, 0.4) is 0 Å². The molecule has 2 heterocycles. The van der Waals surface area contributed by atoms with Gasteiger partial charge in [-0.3, -0.25) is 9.36 Å². The minimum Gasteiger partial charge on any atom is -0.504 e. The van der Waals surface area contributed by atoms with E-state index in [1.807, 2.05) is 6.07 Å². The van der Waals surface area contributed by atoms with Crippen LogP contribution in [-0.2, 0) is 9.53 Å². The number of benzene rings is 2. The van der Waals surface area contributed by atoms with E-state index in [-0.39, 0.29) is 16.9 Å². The Morgan fingerprint density at radius 1 is 1.08 bits per heavy atom. The maximum Gasteiger partial charge on any atom is 0.338 e. The van der Waals surface area contributed by atoms with E-state index in [0.29, 0.717) is 50.0 Å². The summed E-state index contributed by atoms with van der Waals surface area (Å²) in [6, 6.07) is 9.44. The monoisotopic (exact) mass is 552 g/mol. The second-order valence-corrected chi connectivity index (χ2v) is 9.98. The molecule has 2 aromatic carbocycles. The van der Waals surface area contributed by atoms with Crippen LogP contribution < -0.4 is 29.1 Å². The van der Waals surface area contributed by atoms with Gasteiger partial charge in [0.2, 0.25) is 0 Å². The molecular formula is C29H32N2O7S. The molecule has 4 rings (SSSR count). The van der Waals surface area contributed by atoms with Gasteiger partial charge in [0.15, 0.2) is 27.8 Å². The first-order valence-corrected chi connectivity index (χ1v) is 13.4. The smallest absolute Gasteiger partial charge is 0.338 e. The highest BCUT2D eigenvalue weighted by Crippen LogP contribution is 2.36. The van der Waals surface area contributed by atoms with Crippen molar-refractivity contribution < 1.29 is 28.8 Å². The number of aromatic nitrogens is 1. The predicted octanol–water partition coefficient (Wildman–Crippen LogP) is 3.70. The number of carbonyl (C=O) groups excluding carboxylic acids is 1. The number of allylic oxidation sites excluding steroid dienone is 1. The average molecular weight is 553 g/mol. The number of carbonyl (C=O) groups is 1. The third-order valence-electron chi connectivity index (χ3n) is 6.44. The van der Waals surface area contributed by atoms with Crippen molar-refractivity contribution in [2.75, 3.05) is 27.9 Å². The van der Waals surface area contributed by atoms with Gasteiger partial charge in [-0.1, -0.05) is 43.2 Å². The fraction of sp³-hybridized carbons (Fsp3) is 0.345. The lowest BCUT2D eigenvalue weighted by Gasteiger charge is -2.25. The van der Waals surface area contributed by atoms with Crippen molar-refractivity contribution in [2.45, 2.75) is 39.2 Å². The molecule has 1 atom stereocenters. The first kappa shape index (κ1) is 28.0. The molecule has 10 heteroatoms. The van der Waals surface area contributed by atoms with E-state index in [1.165, 1.54) is 36.2 Å². The molecular weight excluding hydrogens is 520 g/mol. The van der Waals surface area contributed by atoms with E-state index in [1.54, 1.807) is 44.4 Å². The van der Waals surface area contributed by atoms with Crippen LogP contribution in [0, 0.1) is 0 Å². The number of hydrogen-bond donors (Lipinski definition) is 1. The summed E-state index contributed by atoms with van der Waals surface area (Å²) in [5.41, 5.74) is 1.73. The third-order valence-corrected chi connectivity index (χ3v) is 7.42. The third kappa shape index (κ3) is 5.70. The summed E-state index contributed by atoms with van der Waals surface area (Å²) in [7, 11) is 4.31. The van der Waals surface area contributed by atoms with E-state index in [4.69, 9.17) is 18.9 Å². The highest BCUT2D eigenvalue weighted by molar-refractivity contribution is 7.07. The molecule has 39 heavy (non-hydrogen) atoms. The second-order valence-electron chi connectivity index (χ2n) is 8.97. The van der Waals surface area contributed by atoms with Gasteiger partial charge < -0.3 is 24.1 Å². The Balaban J connectivity index is 1.85. The van der Waals surface area contributed by atoms with Gasteiger partial charge in [0, 0.05) is 0 Å². The lowest BCUT2D eigenvalue weighted by atomic mass is 9.95. The van der Waals surface area contributed by atoms with Gasteiger partial charge in [0.05, 0.1) is 49.8 Å². The minimum absolute atomic E-state index is 0.00110. The second kappa shape index (κ2) is 12.2. The Morgan fingerprint density at radius 3 is 2.54 bits per heavy atom. The molecule has 0 spiro atoms. The number of esters is 1. The van der Waals surface area contributed by atoms with Gasteiger partial charge in [-0.25, -0.2) is 9.79 Å². The number of ether oxygens (including phenoxy) is 4. The molecule has 1 aromatic heterocycles. The number of unbranched alkanes of at least 4 members (excludes halogenated alkanes) is 2. The lowest BCUT2D eigenvalue weighted by Crippen LogP contribution is -2.39. The van der Waals surface area contributed by atoms with Gasteiger partial charge in [0.1, 0.15) is 0 Å². The van der Waals surface area contributed by atoms with Crippen molar-refractivity contribution in [1.29, 1.82) is 0 Å². The van der Waals surface area contributed by atoms with Crippen LogP contribution in [0.5, 0.6) is 23.0 Å². The highest BCUT2D eigenvalue weighted by atomic mass is 32.1. The SMILES string of the molecule is CCCCCOc1ccc(C2C(C(=O)OC)=C(C)N=c3sc(=Cc4ccc(O)c(OC)c4)c(=O)n32)cc1OC. The number of thiazole rings is 1. The molecule has 0 radical (unpaired) electrons. The summed E-state index contributed by atoms with van der Waals surface area (Å²) in [6.45, 7) is 4.42. The summed E-state index contributed by atoms with van der Waals surface area (Å²) in [5.74, 6) is 0.814. The Hall–Kier alpha value is -4.05. The molecule has 0 saturated carbocycles. The summed E-state index contributed by atoms with van der Waals surface area (Å²) in [6.07, 6.45) is 4.79. The molecule has 0 saturated heterocycles. The Morgan fingerprint density at radius 2 is 1.85 bits per heavy atom. The highest BCUT2D eigenvalue weighted by Gasteiger charge is 2.33. The summed E-state index contributed by atoms with van der Waals surface area (Å²) >= 11 is 1.21. The normalized spacial score (nSPS) is 15.0. The summed E-state index contributed by atoms with van der Waals surface area (Å²) in [5, 5.41) is 9.93. The molecule has 9 nitrogen and oxygen atoms in total. The lowest BCUT2D eigenvalue weighted by molar-refractivity contribution is -0.136. The van der Waals surface area contributed by atoms with Gasteiger partial charge >= 0.3 is 5.97 Å². The largest absolute Gasteiger partial charge is 0.504 e. The fourth-order valence-electron chi connectivity index (χ4n) is 4.45. The van der Waals surface area contributed by atoms with E-state index in [0.717, 1.165) is 19.3 Å². The van der Waals surface area contributed by atoms with Crippen LogP contribution in [0.15, 0.2) is 57.5 Å². The van der Waals surface area contributed by atoms with Gasteiger partial charge in [-0.15, -0.1) is 0 Å². The molecule has 0 fully saturated rings. The Kier molecular flexibility index (Phi) is 8.75. The van der Waals surface area contributed by atoms with Crippen molar-refractivity contribution in [3.8, 4) is 23.0 Å². The number of hydrogen-bond acceptors (Lipinski definition) is 9. The van der Waals surface area contributed by atoms with Gasteiger partial charge in [-0.2, -0.15) is 0 Å². The Labute approximate surface area is 230 Å². The zero-order chi connectivity index (χ0) is 28.1. The molecule has 206 valence electrons. The van der Waals surface area contributed by atoms with Crippen LogP contribution in [0.1, 0.15) is 50.3 Å². The van der Waals surface area contributed by atoms with E-state index in [9.17, 15) is 14.7 Å². The van der Waals surface area contributed by atoms with Crippen LogP contribution >= 0.6 is 11.3 Å². The summed E-state index contributed by atoms with van der Waals surface area (Å²) < 4.78 is 23.7. The molecule has 1 aliphatic rings. The van der Waals surface area contributed by atoms with Crippen LogP contribution in [-0.4, -0.2) is 43.6 Å². The minimum atomic E-state index is -0.784. The molecule has 0 bridgehead atoms. The molecule has 1 unspecified atom stereocenters. The van der Waals surface area contributed by atoms with Crippen LogP contribution in [0.25, 0.3) is 6.08 Å². The number of phenols is 1. The first-order valence-electron chi connectivity index (χ1n) is 12.6. The topological polar surface area (TPSA) is 109 Å². The quantitative estimate of drug-likeness (QED) is 0.302. The number of phenolic OH excluding ortho intramolecular Hbond substituents is 1. The molecule has 0 aliphatic carbocycles. The zero-order valence-corrected chi connectivity index (χ0v) is 23.5. The number of methoxy groups -OCH3 is 3.